The average molecular weight is 306 g/mol. The largest absolute Gasteiger partial charge is 0.497 e. The van der Waals surface area contributed by atoms with Gasteiger partial charge in [-0.05, 0) is 36.4 Å². The van der Waals surface area contributed by atoms with Gasteiger partial charge in [-0.1, -0.05) is 12.1 Å². The highest BCUT2D eigenvalue weighted by Gasteiger charge is 2.23. The number of hydrogen-bond acceptors (Lipinski definition) is 4. The first-order chi connectivity index (χ1) is 10.2. The highest BCUT2D eigenvalue weighted by molar-refractivity contribution is 7.10. The topological polar surface area (TPSA) is 55.8 Å². The maximum atomic E-state index is 11.5. The van der Waals surface area contributed by atoms with Crippen LogP contribution in [0.2, 0.25) is 0 Å². The van der Waals surface area contributed by atoms with Crippen molar-refractivity contribution in [2.75, 3.05) is 13.7 Å². The Balaban J connectivity index is 2.30. The Labute approximate surface area is 128 Å². The van der Waals surface area contributed by atoms with Gasteiger partial charge in [0.05, 0.1) is 19.6 Å². The second-order valence-corrected chi connectivity index (χ2v) is 5.50. The first-order valence-electron chi connectivity index (χ1n) is 6.71. The molecule has 1 N–H and O–H groups in total. The molecule has 0 amide bonds. The van der Waals surface area contributed by atoms with Crippen LogP contribution >= 0.6 is 11.3 Å². The van der Waals surface area contributed by atoms with Crippen LogP contribution in [0, 0.1) is 0 Å². The molecular formula is C16H18O4S. The summed E-state index contributed by atoms with van der Waals surface area (Å²) < 4.78 is 10.8. The summed E-state index contributed by atoms with van der Waals surface area (Å²) in [5.74, 6) is -0.00169. The van der Waals surface area contributed by atoms with Gasteiger partial charge in [0.1, 0.15) is 11.5 Å². The number of rotatable bonds is 7. The van der Waals surface area contributed by atoms with Crippen LogP contribution in [0.4, 0.5) is 0 Å². The maximum Gasteiger partial charge on any atom is 0.312 e. The van der Waals surface area contributed by atoms with E-state index in [0.29, 0.717) is 24.5 Å². The molecule has 2 rings (SSSR count). The van der Waals surface area contributed by atoms with Gasteiger partial charge in [0.25, 0.3) is 0 Å². The van der Waals surface area contributed by atoms with Crippen molar-refractivity contribution in [2.24, 2.45) is 0 Å². The molecule has 21 heavy (non-hydrogen) atoms. The summed E-state index contributed by atoms with van der Waals surface area (Å²) in [6.45, 7) is 2.42. The quantitative estimate of drug-likeness (QED) is 0.849. The van der Waals surface area contributed by atoms with E-state index >= 15 is 0 Å². The van der Waals surface area contributed by atoms with E-state index in [0.717, 1.165) is 10.4 Å². The summed E-state index contributed by atoms with van der Waals surface area (Å²) in [6, 6.07) is 9.21. The second kappa shape index (κ2) is 7.13. The monoisotopic (exact) mass is 306 g/mol. The van der Waals surface area contributed by atoms with Crippen LogP contribution < -0.4 is 9.47 Å². The van der Waals surface area contributed by atoms with E-state index in [2.05, 4.69) is 0 Å². The third-order valence-corrected chi connectivity index (χ3v) is 4.17. The lowest BCUT2D eigenvalue weighted by Crippen LogP contribution is -2.14. The first kappa shape index (κ1) is 15.4. The minimum atomic E-state index is -0.823. The van der Waals surface area contributed by atoms with Gasteiger partial charge in [-0.25, -0.2) is 0 Å². The molecule has 0 spiro atoms. The minimum Gasteiger partial charge on any atom is -0.497 e. The molecule has 4 nitrogen and oxygen atoms in total. The average Bonchev–Trinajstić information content (AvgIpc) is 2.99. The summed E-state index contributed by atoms with van der Waals surface area (Å²) >= 11 is 1.46. The van der Waals surface area contributed by atoms with Gasteiger partial charge in [-0.15, -0.1) is 11.3 Å². The van der Waals surface area contributed by atoms with Gasteiger partial charge in [0, 0.05) is 10.9 Å². The summed E-state index contributed by atoms with van der Waals surface area (Å²) in [4.78, 5) is 12.4. The number of ether oxygens (including phenoxy) is 2. The van der Waals surface area contributed by atoms with Crippen LogP contribution in [0.15, 0.2) is 35.7 Å². The molecule has 1 aromatic carbocycles. The van der Waals surface area contributed by atoms with Crippen molar-refractivity contribution < 1.29 is 19.4 Å². The molecule has 0 aliphatic carbocycles. The molecule has 0 radical (unpaired) electrons. The number of methoxy groups -OCH3 is 1. The fourth-order valence-corrected chi connectivity index (χ4v) is 2.96. The van der Waals surface area contributed by atoms with Crippen LogP contribution in [-0.4, -0.2) is 24.8 Å². The lowest BCUT2D eigenvalue weighted by Gasteiger charge is -2.15. The van der Waals surface area contributed by atoms with Crippen molar-refractivity contribution in [2.45, 2.75) is 19.3 Å². The van der Waals surface area contributed by atoms with Crippen molar-refractivity contribution >= 4 is 17.3 Å². The van der Waals surface area contributed by atoms with E-state index in [1.54, 1.807) is 13.2 Å². The summed E-state index contributed by atoms with van der Waals surface area (Å²) in [5, 5.41) is 11.4. The number of benzene rings is 1. The summed E-state index contributed by atoms with van der Waals surface area (Å²) in [6.07, 6.45) is 0.398. The molecule has 0 aliphatic rings. The standard InChI is InChI=1S/C16H18O4S/c1-3-20-14-10-12(19-2)7-6-11(14)9-13(16(17)18)15-5-4-8-21-15/h4-8,10,13H,3,9H2,1-2H3,(H,17,18). The Morgan fingerprint density at radius 2 is 2.19 bits per heavy atom. The van der Waals surface area contributed by atoms with E-state index in [-0.39, 0.29) is 0 Å². The van der Waals surface area contributed by atoms with Crippen molar-refractivity contribution in [3.63, 3.8) is 0 Å². The molecule has 0 fully saturated rings. The molecule has 112 valence electrons. The highest BCUT2D eigenvalue weighted by atomic mass is 32.1. The number of aliphatic carboxylic acids is 1. The Kier molecular flexibility index (Phi) is 5.22. The van der Waals surface area contributed by atoms with Gasteiger partial charge in [0.15, 0.2) is 0 Å². The van der Waals surface area contributed by atoms with Crippen molar-refractivity contribution in [1.29, 1.82) is 0 Å². The SMILES string of the molecule is CCOc1cc(OC)ccc1CC(C(=O)O)c1cccs1. The molecule has 1 unspecified atom stereocenters. The summed E-state index contributed by atoms with van der Waals surface area (Å²) in [7, 11) is 1.59. The maximum absolute atomic E-state index is 11.5. The van der Waals surface area contributed by atoms with Gasteiger partial charge in [0.2, 0.25) is 0 Å². The van der Waals surface area contributed by atoms with Crippen molar-refractivity contribution in [3.8, 4) is 11.5 Å². The lowest BCUT2D eigenvalue weighted by molar-refractivity contribution is -0.138. The van der Waals surface area contributed by atoms with Gasteiger partial charge in [-0.2, -0.15) is 0 Å². The minimum absolute atomic E-state index is 0.398. The Morgan fingerprint density at radius 1 is 1.38 bits per heavy atom. The van der Waals surface area contributed by atoms with Crippen LogP contribution in [0.5, 0.6) is 11.5 Å². The van der Waals surface area contributed by atoms with Crippen LogP contribution in [0.25, 0.3) is 0 Å². The van der Waals surface area contributed by atoms with Crippen LogP contribution in [0.3, 0.4) is 0 Å². The predicted molar refractivity (Wildman–Crippen MR) is 82.6 cm³/mol. The van der Waals surface area contributed by atoms with Gasteiger partial charge in [-0.3, -0.25) is 4.79 Å². The van der Waals surface area contributed by atoms with Gasteiger partial charge >= 0.3 is 5.97 Å². The zero-order valence-electron chi connectivity index (χ0n) is 12.0. The van der Waals surface area contributed by atoms with Crippen molar-refractivity contribution in [3.05, 3.63) is 46.2 Å². The van der Waals surface area contributed by atoms with Crippen LogP contribution in [-0.2, 0) is 11.2 Å². The predicted octanol–water partition coefficient (Wildman–Crippen LogP) is 3.57. The number of carboxylic acids is 1. The molecule has 0 bridgehead atoms. The van der Waals surface area contributed by atoms with E-state index in [9.17, 15) is 9.90 Å². The fourth-order valence-electron chi connectivity index (χ4n) is 2.14. The Hall–Kier alpha value is -2.01. The Bertz CT molecular complexity index is 592. The molecule has 0 aliphatic heterocycles. The number of hydrogen-bond donors (Lipinski definition) is 1. The third-order valence-electron chi connectivity index (χ3n) is 3.18. The smallest absolute Gasteiger partial charge is 0.312 e. The molecule has 1 atom stereocenters. The van der Waals surface area contributed by atoms with E-state index < -0.39 is 11.9 Å². The zero-order valence-corrected chi connectivity index (χ0v) is 12.9. The van der Waals surface area contributed by atoms with Crippen LogP contribution in [0.1, 0.15) is 23.3 Å². The van der Waals surface area contributed by atoms with Gasteiger partial charge < -0.3 is 14.6 Å². The van der Waals surface area contributed by atoms with E-state index in [4.69, 9.17) is 9.47 Å². The molecule has 1 aromatic heterocycles. The number of thiophene rings is 1. The second-order valence-electron chi connectivity index (χ2n) is 4.52. The fraction of sp³-hybridized carbons (Fsp3) is 0.312. The Morgan fingerprint density at radius 3 is 2.76 bits per heavy atom. The van der Waals surface area contributed by atoms with E-state index in [1.807, 2.05) is 36.6 Å². The molecule has 5 heteroatoms. The summed E-state index contributed by atoms with van der Waals surface area (Å²) in [5.41, 5.74) is 0.874. The lowest BCUT2D eigenvalue weighted by atomic mass is 9.97. The third kappa shape index (κ3) is 3.76. The van der Waals surface area contributed by atoms with E-state index in [1.165, 1.54) is 11.3 Å². The molecule has 0 saturated carbocycles. The van der Waals surface area contributed by atoms with Crippen molar-refractivity contribution in [1.82, 2.24) is 0 Å². The number of carbonyl (C=O) groups is 1. The normalized spacial score (nSPS) is 11.9. The zero-order chi connectivity index (χ0) is 15.2. The molecule has 2 aromatic rings. The number of carboxylic acid groups (broad SMARTS) is 1. The first-order valence-corrected chi connectivity index (χ1v) is 7.59. The highest BCUT2D eigenvalue weighted by Crippen LogP contribution is 2.31. The molecule has 0 saturated heterocycles. The molecule has 1 heterocycles. The molecular weight excluding hydrogens is 288 g/mol.